The summed E-state index contributed by atoms with van der Waals surface area (Å²) in [4.78, 5) is 12.9. The van der Waals surface area contributed by atoms with Crippen molar-refractivity contribution in [1.29, 1.82) is 0 Å². The molecule has 2 rings (SSSR count). The molecule has 2 nitrogen and oxygen atoms in total. The van der Waals surface area contributed by atoms with Crippen LogP contribution in [0.2, 0.25) is 0 Å². The Morgan fingerprint density at radius 2 is 1.42 bits per heavy atom. The fourth-order valence-electron chi connectivity index (χ4n) is 1.75. The van der Waals surface area contributed by atoms with Crippen LogP contribution in [-0.4, -0.2) is 13.0 Å². The third-order valence-corrected chi connectivity index (χ3v) is 3.02. The standard InChI is InChI=1S/C17H17NO/c1-14(19)18(2)17-12-10-16(11-13-17)9-8-15-6-4-3-5-7-15/h3-13H,1-2H3/b9-8+. The minimum atomic E-state index is 0.0348. The van der Waals surface area contributed by atoms with Crippen LogP contribution in [-0.2, 0) is 4.79 Å². The summed E-state index contributed by atoms with van der Waals surface area (Å²) >= 11 is 0. The van der Waals surface area contributed by atoms with Gasteiger partial charge in [0.2, 0.25) is 5.91 Å². The zero-order chi connectivity index (χ0) is 13.7. The van der Waals surface area contributed by atoms with Crippen molar-refractivity contribution in [2.75, 3.05) is 11.9 Å². The van der Waals surface area contributed by atoms with E-state index in [1.54, 1.807) is 18.9 Å². The lowest BCUT2D eigenvalue weighted by Gasteiger charge is -2.14. The van der Waals surface area contributed by atoms with Crippen LogP contribution in [0.15, 0.2) is 54.6 Å². The molecule has 19 heavy (non-hydrogen) atoms. The van der Waals surface area contributed by atoms with Gasteiger partial charge in [0.1, 0.15) is 0 Å². The van der Waals surface area contributed by atoms with Crippen LogP contribution in [0.3, 0.4) is 0 Å². The Morgan fingerprint density at radius 1 is 0.895 bits per heavy atom. The van der Waals surface area contributed by atoms with E-state index in [0.29, 0.717) is 0 Å². The van der Waals surface area contributed by atoms with E-state index < -0.39 is 0 Å². The normalized spacial score (nSPS) is 10.6. The first-order valence-corrected chi connectivity index (χ1v) is 6.24. The monoisotopic (exact) mass is 251 g/mol. The first-order valence-electron chi connectivity index (χ1n) is 6.24. The molecule has 0 aliphatic rings. The summed E-state index contributed by atoms with van der Waals surface area (Å²) in [5.74, 6) is 0.0348. The van der Waals surface area contributed by atoms with Gasteiger partial charge in [0.25, 0.3) is 0 Å². The fourth-order valence-corrected chi connectivity index (χ4v) is 1.75. The van der Waals surface area contributed by atoms with Crippen molar-refractivity contribution >= 4 is 23.7 Å². The molecule has 0 radical (unpaired) electrons. The molecule has 2 aromatic rings. The Bertz CT molecular complexity index is 570. The van der Waals surface area contributed by atoms with Gasteiger partial charge in [0, 0.05) is 19.7 Å². The minimum absolute atomic E-state index is 0.0348. The number of carbonyl (C=O) groups excluding carboxylic acids is 1. The van der Waals surface area contributed by atoms with E-state index in [1.165, 1.54) is 5.56 Å². The Hall–Kier alpha value is -2.35. The van der Waals surface area contributed by atoms with Crippen LogP contribution in [0.25, 0.3) is 12.2 Å². The van der Waals surface area contributed by atoms with Crippen LogP contribution in [0, 0.1) is 0 Å². The molecule has 2 aromatic carbocycles. The van der Waals surface area contributed by atoms with Crippen molar-refractivity contribution in [3.05, 3.63) is 65.7 Å². The van der Waals surface area contributed by atoms with Crippen LogP contribution in [0.5, 0.6) is 0 Å². The molecule has 0 spiro atoms. The first kappa shape index (κ1) is 13.1. The molecule has 0 saturated heterocycles. The maximum atomic E-state index is 11.3. The van der Waals surface area contributed by atoms with Gasteiger partial charge >= 0.3 is 0 Å². The highest BCUT2D eigenvalue weighted by molar-refractivity contribution is 5.91. The summed E-state index contributed by atoms with van der Waals surface area (Å²) in [6.07, 6.45) is 4.14. The van der Waals surface area contributed by atoms with E-state index in [2.05, 4.69) is 24.3 Å². The summed E-state index contributed by atoms with van der Waals surface area (Å²) in [5, 5.41) is 0. The van der Waals surface area contributed by atoms with E-state index in [4.69, 9.17) is 0 Å². The second kappa shape index (κ2) is 6.01. The van der Waals surface area contributed by atoms with Crippen molar-refractivity contribution in [2.45, 2.75) is 6.92 Å². The van der Waals surface area contributed by atoms with Gasteiger partial charge in [-0.15, -0.1) is 0 Å². The SMILES string of the molecule is CC(=O)N(C)c1ccc(/C=C/c2ccccc2)cc1. The van der Waals surface area contributed by atoms with Gasteiger partial charge in [-0.1, -0.05) is 54.6 Å². The van der Waals surface area contributed by atoms with E-state index in [0.717, 1.165) is 11.3 Å². The average Bonchev–Trinajstić information content (AvgIpc) is 2.46. The molecule has 2 heteroatoms. The van der Waals surface area contributed by atoms with E-state index >= 15 is 0 Å². The van der Waals surface area contributed by atoms with E-state index in [9.17, 15) is 4.79 Å². The van der Waals surface area contributed by atoms with Gasteiger partial charge in [-0.3, -0.25) is 4.79 Å². The summed E-state index contributed by atoms with van der Waals surface area (Å²) in [5.41, 5.74) is 3.20. The molecule has 0 aliphatic carbocycles. The third-order valence-electron chi connectivity index (χ3n) is 3.02. The molecule has 0 N–H and O–H groups in total. The minimum Gasteiger partial charge on any atom is -0.316 e. The number of hydrogen-bond donors (Lipinski definition) is 0. The number of rotatable bonds is 3. The van der Waals surface area contributed by atoms with Gasteiger partial charge in [-0.25, -0.2) is 0 Å². The number of carbonyl (C=O) groups is 1. The van der Waals surface area contributed by atoms with Crippen molar-refractivity contribution < 1.29 is 4.79 Å². The second-order valence-corrected chi connectivity index (χ2v) is 4.41. The van der Waals surface area contributed by atoms with Gasteiger partial charge in [-0.05, 0) is 23.3 Å². The Balaban J connectivity index is 2.11. The third kappa shape index (κ3) is 3.55. The number of benzene rings is 2. The largest absolute Gasteiger partial charge is 0.316 e. The highest BCUT2D eigenvalue weighted by Crippen LogP contribution is 2.15. The van der Waals surface area contributed by atoms with Crippen molar-refractivity contribution in [2.24, 2.45) is 0 Å². The lowest BCUT2D eigenvalue weighted by atomic mass is 10.1. The summed E-state index contributed by atoms with van der Waals surface area (Å²) in [6.45, 7) is 1.56. The molecule has 0 aromatic heterocycles. The molecule has 0 aliphatic heterocycles. The maximum absolute atomic E-state index is 11.3. The number of amides is 1. The smallest absolute Gasteiger partial charge is 0.223 e. The first-order chi connectivity index (χ1) is 9.16. The van der Waals surface area contributed by atoms with Crippen LogP contribution in [0.1, 0.15) is 18.1 Å². The van der Waals surface area contributed by atoms with Gasteiger partial charge in [0.05, 0.1) is 0 Å². The van der Waals surface area contributed by atoms with Gasteiger partial charge in [0.15, 0.2) is 0 Å². The topological polar surface area (TPSA) is 20.3 Å². The second-order valence-electron chi connectivity index (χ2n) is 4.41. The summed E-state index contributed by atoms with van der Waals surface area (Å²) < 4.78 is 0. The zero-order valence-electron chi connectivity index (χ0n) is 11.2. The lowest BCUT2D eigenvalue weighted by Crippen LogP contribution is -2.22. The molecule has 1 amide bonds. The number of nitrogens with zero attached hydrogens (tertiary/aromatic N) is 1. The van der Waals surface area contributed by atoms with Crippen LogP contribution < -0.4 is 4.90 Å². The highest BCUT2D eigenvalue weighted by Gasteiger charge is 2.03. The van der Waals surface area contributed by atoms with Gasteiger partial charge in [-0.2, -0.15) is 0 Å². The van der Waals surface area contributed by atoms with Crippen LogP contribution in [0.4, 0.5) is 5.69 Å². The maximum Gasteiger partial charge on any atom is 0.223 e. The quantitative estimate of drug-likeness (QED) is 0.759. The van der Waals surface area contributed by atoms with E-state index in [1.807, 2.05) is 42.5 Å². The molecule has 96 valence electrons. The summed E-state index contributed by atoms with van der Waals surface area (Å²) in [6, 6.07) is 18.1. The number of anilines is 1. The predicted octanol–water partition coefficient (Wildman–Crippen LogP) is 3.84. The average molecular weight is 251 g/mol. The number of hydrogen-bond acceptors (Lipinski definition) is 1. The Kier molecular flexibility index (Phi) is 4.14. The summed E-state index contributed by atoms with van der Waals surface area (Å²) in [7, 11) is 1.77. The fraction of sp³-hybridized carbons (Fsp3) is 0.118. The van der Waals surface area contributed by atoms with E-state index in [-0.39, 0.29) is 5.91 Å². The molecule has 0 fully saturated rings. The molecule has 0 unspecified atom stereocenters. The van der Waals surface area contributed by atoms with Crippen molar-refractivity contribution in [3.63, 3.8) is 0 Å². The lowest BCUT2D eigenvalue weighted by molar-refractivity contribution is -0.116. The van der Waals surface area contributed by atoms with Crippen LogP contribution >= 0.6 is 0 Å². The Labute approximate surface area is 114 Å². The van der Waals surface area contributed by atoms with Crippen molar-refractivity contribution in [3.8, 4) is 0 Å². The van der Waals surface area contributed by atoms with Crippen molar-refractivity contribution in [1.82, 2.24) is 0 Å². The molecular formula is C17H17NO. The molecule has 0 atom stereocenters. The molecule has 0 bridgehead atoms. The predicted molar refractivity (Wildman–Crippen MR) is 80.9 cm³/mol. The highest BCUT2D eigenvalue weighted by atomic mass is 16.2. The Morgan fingerprint density at radius 3 is 1.95 bits per heavy atom. The molecular weight excluding hydrogens is 234 g/mol. The molecule has 0 heterocycles. The molecule has 0 saturated carbocycles. The zero-order valence-corrected chi connectivity index (χ0v) is 11.2. The van der Waals surface area contributed by atoms with Gasteiger partial charge < -0.3 is 4.90 Å².